The average molecular weight is 331 g/mol. The van der Waals surface area contributed by atoms with Crippen LogP contribution < -0.4 is 0 Å². The molecule has 0 atom stereocenters. The fraction of sp³-hybridized carbons (Fsp3) is 0.312. The summed E-state index contributed by atoms with van der Waals surface area (Å²) in [6, 6.07) is 6.52. The van der Waals surface area contributed by atoms with E-state index >= 15 is 0 Å². The van der Waals surface area contributed by atoms with Gasteiger partial charge in [-0.1, -0.05) is 0 Å². The number of nitrogens with zero attached hydrogens (tertiary/aromatic N) is 3. The zero-order valence-corrected chi connectivity index (χ0v) is 13.0. The van der Waals surface area contributed by atoms with Crippen LogP contribution >= 0.6 is 0 Å². The summed E-state index contributed by atoms with van der Waals surface area (Å²) in [6.07, 6.45) is 4.48. The lowest BCUT2D eigenvalue weighted by Gasteiger charge is -2.33. The topological polar surface area (TPSA) is 93.0 Å². The fourth-order valence-electron chi connectivity index (χ4n) is 2.54. The smallest absolute Gasteiger partial charge is 0.433 e. The van der Waals surface area contributed by atoms with Crippen molar-refractivity contribution in [2.75, 3.05) is 26.2 Å². The summed E-state index contributed by atoms with van der Waals surface area (Å²) in [6.45, 7) is 3.53. The predicted molar refractivity (Wildman–Crippen MR) is 85.0 cm³/mol. The van der Waals surface area contributed by atoms with E-state index in [1.54, 1.807) is 11.2 Å². The average Bonchev–Trinajstić information content (AvgIpc) is 3.25. The minimum atomic E-state index is -0.614. The molecular formula is C16H17N3O5. The number of hydrogen-bond donors (Lipinski definition) is 0. The predicted octanol–water partition coefficient (Wildman–Crippen LogP) is 2.14. The first-order valence-electron chi connectivity index (χ1n) is 7.58. The molecule has 0 bridgehead atoms. The molecule has 3 heterocycles. The highest BCUT2D eigenvalue weighted by atomic mass is 16.6. The molecule has 8 heteroatoms. The zero-order chi connectivity index (χ0) is 16.9. The van der Waals surface area contributed by atoms with E-state index < -0.39 is 4.92 Å². The molecule has 0 radical (unpaired) electrons. The number of furan rings is 2. The van der Waals surface area contributed by atoms with Crippen molar-refractivity contribution in [3.8, 4) is 0 Å². The lowest BCUT2D eigenvalue weighted by Crippen LogP contribution is -2.47. The first-order valence-corrected chi connectivity index (χ1v) is 7.58. The second-order valence-corrected chi connectivity index (χ2v) is 5.45. The Kier molecular flexibility index (Phi) is 4.76. The van der Waals surface area contributed by atoms with E-state index in [2.05, 4.69) is 4.90 Å². The SMILES string of the molecule is O=C(/C=C/c1ccc([N+](=O)[O-])o1)N1CCN(Cc2ccco2)CC1. The van der Waals surface area contributed by atoms with Gasteiger partial charge in [0.2, 0.25) is 5.91 Å². The van der Waals surface area contributed by atoms with Gasteiger partial charge in [-0.25, -0.2) is 0 Å². The quantitative estimate of drug-likeness (QED) is 0.473. The number of carbonyl (C=O) groups is 1. The second kappa shape index (κ2) is 7.14. The molecule has 0 spiro atoms. The lowest BCUT2D eigenvalue weighted by molar-refractivity contribution is -0.402. The van der Waals surface area contributed by atoms with Crippen LogP contribution in [0.1, 0.15) is 11.5 Å². The van der Waals surface area contributed by atoms with Gasteiger partial charge in [0.15, 0.2) is 0 Å². The molecule has 0 aliphatic carbocycles. The van der Waals surface area contributed by atoms with Crippen molar-refractivity contribution in [2.45, 2.75) is 6.54 Å². The van der Waals surface area contributed by atoms with Crippen LogP contribution in [0.3, 0.4) is 0 Å². The molecule has 1 amide bonds. The third-order valence-electron chi connectivity index (χ3n) is 3.83. The monoisotopic (exact) mass is 331 g/mol. The normalized spacial score (nSPS) is 15.9. The number of carbonyl (C=O) groups excluding carboxylic acids is 1. The Morgan fingerprint density at radius 3 is 2.67 bits per heavy atom. The van der Waals surface area contributed by atoms with Gasteiger partial charge in [-0.3, -0.25) is 19.8 Å². The third-order valence-corrected chi connectivity index (χ3v) is 3.83. The van der Waals surface area contributed by atoms with E-state index in [1.807, 2.05) is 12.1 Å². The van der Waals surface area contributed by atoms with Crippen molar-refractivity contribution >= 4 is 17.9 Å². The Morgan fingerprint density at radius 1 is 1.25 bits per heavy atom. The molecular weight excluding hydrogens is 314 g/mol. The summed E-state index contributed by atoms with van der Waals surface area (Å²) >= 11 is 0. The first kappa shape index (κ1) is 16.0. The number of piperazine rings is 1. The number of nitro groups is 1. The van der Waals surface area contributed by atoms with E-state index in [-0.39, 0.29) is 17.6 Å². The summed E-state index contributed by atoms with van der Waals surface area (Å²) < 4.78 is 10.3. The Labute approximate surface area is 138 Å². The highest BCUT2D eigenvalue weighted by Crippen LogP contribution is 2.17. The third kappa shape index (κ3) is 3.90. The van der Waals surface area contributed by atoms with Crippen LogP contribution in [0.4, 0.5) is 5.88 Å². The Bertz CT molecular complexity index is 727. The van der Waals surface area contributed by atoms with E-state index in [4.69, 9.17) is 8.83 Å². The minimum Gasteiger partial charge on any atom is -0.468 e. The number of hydrogen-bond acceptors (Lipinski definition) is 6. The van der Waals surface area contributed by atoms with Crippen molar-refractivity contribution in [3.05, 3.63) is 58.2 Å². The van der Waals surface area contributed by atoms with Crippen molar-refractivity contribution in [1.82, 2.24) is 9.80 Å². The summed E-state index contributed by atoms with van der Waals surface area (Å²) in [5.74, 6) is 0.723. The molecule has 1 saturated heterocycles. The maximum atomic E-state index is 12.2. The molecule has 3 rings (SSSR count). The van der Waals surface area contributed by atoms with Gasteiger partial charge in [-0.05, 0) is 24.3 Å². The van der Waals surface area contributed by atoms with Gasteiger partial charge >= 0.3 is 5.88 Å². The molecule has 24 heavy (non-hydrogen) atoms. The van der Waals surface area contributed by atoms with Crippen LogP contribution in [0.5, 0.6) is 0 Å². The number of rotatable bonds is 5. The van der Waals surface area contributed by atoms with Gasteiger partial charge in [0.1, 0.15) is 16.4 Å². The molecule has 2 aromatic rings. The largest absolute Gasteiger partial charge is 0.468 e. The summed E-state index contributed by atoms with van der Waals surface area (Å²) in [5.41, 5.74) is 0. The molecule has 0 aromatic carbocycles. The molecule has 0 unspecified atom stereocenters. The fourth-order valence-corrected chi connectivity index (χ4v) is 2.54. The molecule has 0 N–H and O–H groups in total. The van der Waals surface area contributed by atoms with Crippen LogP contribution in [-0.2, 0) is 11.3 Å². The molecule has 126 valence electrons. The molecule has 1 aliphatic heterocycles. The van der Waals surface area contributed by atoms with Gasteiger partial charge < -0.3 is 13.7 Å². The minimum absolute atomic E-state index is 0.133. The maximum absolute atomic E-state index is 12.2. The van der Waals surface area contributed by atoms with Crippen LogP contribution in [-0.4, -0.2) is 46.8 Å². The van der Waals surface area contributed by atoms with Gasteiger partial charge in [-0.15, -0.1) is 0 Å². The lowest BCUT2D eigenvalue weighted by atomic mass is 10.2. The van der Waals surface area contributed by atoms with Crippen molar-refractivity contribution in [2.24, 2.45) is 0 Å². The van der Waals surface area contributed by atoms with Gasteiger partial charge in [0.25, 0.3) is 0 Å². The second-order valence-electron chi connectivity index (χ2n) is 5.45. The molecule has 1 aliphatic rings. The van der Waals surface area contributed by atoms with Gasteiger partial charge in [0.05, 0.1) is 18.9 Å². The standard InChI is InChI=1S/C16H17N3O5/c20-15(5-3-13-4-6-16(24-13)19(21)22)18-9-7-17(8-10-18)12-14-2-1-11-23-14/h1-6,11H,7-10,12H2/b5-3+. The first-order chi connectivity index (χ1) is 11.6. The molecule has 1 fully saturated rings. The van der Waals surface area contributed by atoms with E-state index in [9.17, 15) is 14.9 Å². The van der Waals surface area contributed by atoms with Crippen molar-refractivity contribution in [3.63, 3.8) is 0 Å². The summed E-state index contributed by atoms with van der Waals surface area (Å²) in [4.78, 5) is 26.1. The van der Waals surface area contributed by atoms with Gasteiger partial charge in [0, 0.05) is 32.3 Å². The van der Waals surface area contributed by atoms with Crippen LogP contribution in [0.2, 0.25) is 0 Å². The Hall–Kier alpha value is -2.87. The summed E-state index contributed by atoms with van der Waals surface area (Å²) in [5, 5.41) is 10.5. The Morgan fingerprint density at radius 2 is 2.04 bits per heavy atom. The zero-order valence-electron chi connectivity index (χ0n) is 13.0. The van der Waals surface area contributed by atoms with Gasteiger partial charge in [-0.2, -0.15) is 0 Å². The highest BCUT2D eigenvalue weighted by molar-refractivity contribution is 5.91. The van der Waals surface area contributed by atoms with Crippen LogP contribution in [0.25, 0.3) is 6.08 Å². The number of amides is 1. The van der Waals surface area contributed by atoms with Crippen molar-refractivity contribution < 1.29 is 18.6 Å². The Balaban J connectivity index is 1.49. The van der Waals surface area contributed by atoms with E-state index in [1.165, 1.54) is 24.3 Å². The molecule has 8 nitrogen and oxygen atoms in total. The van der Waals surface area contributed by atoms with E-state index in [0.717, 1.165) is 25.4 Å². The van der Waals surface area contributed by atoms with E-state index in [0.29, 0.717) is 13.1 Å². The maximum Gasteiger partial charge on any atom is 0.433 e. The molecule has 0 saturated carbocycles. The highest BCUT2D eigenvalue weighted by Gasteiger charge is 2.20. The summed E-state index contributed by atoms with van der Waals surface area (Å²) in [7, 11) is 0. The van der Waals surface area contributed by atoms with Crippen molar-refractivity contribution in [1.29, 1.82) is 0 Å². The molecule has 2 aromatic heterocycles. The van der Waals surface area contributed by atoms with Crippen LogP contribution in [0.15, 0.2) is 45.4 Å². The van der Waals surface area contributed by atoms with Crippen LogP contribution in [0, 0.1) is 10.1 Å².